The number of amides is 5. The highest BCUT2D eigenvalue weighted by atomic mass is 16.7. The van der Waals surface area contributed by atoms with Crippen LogP contribution in [0.2, 0.25) is 0 Å². The SMILES string of the molecule is O=C(NCc1ccc2c(c1)OCO2)N1CCC(N2CC(=O)N(c3ccccc3)C2=O)CC1. The van der Waals surface area contributed by atoms with E-state index in [9.17, 15) is 14.4 Å². The van der Waals surface area contributed by atoms with Crippen LogP contribution in [-0.2, 0) is 11.3 Å². The summed E-state index contributed by atoms with van der Waals surface area (Å²) >= 11 is 0. The Bertz CT molecular complexity index is 1040. The molecule has 0 atom stereocenters. The molecule has 0 bridgehead atoms. The lowest BCUT2D eigenvalue weighted by Gasteiger charge is -2.36. The Balaban J connectivity index is 1.13. The Morgan fingerprint density at radius 1 is 1.00 bits per heavy atom. The van der Waals surface area contributed by atoms with Crippen LogP contribution in [0.1, 0.15) is 18.4 Å². The van der Waals surface area contributed by atoms with Crippen LogP contribution in [0, 0.1) is 0 Å². The molecule has 2 aromatic carbocycles. The maximum Gasteiger partial charge on any atom is 0.332 e. The molecular formula is C23H24N4O5. The monoisotopic (exact) mass is 436 g/mol. The van der Waals surface area contributed by atoms with Gasteiger partial charge in [-0.05, 0) is 42.7 Å². The van der Waals surface area contributed by atoms with E-state index >= 15 is 0 Å². The number of ether oxygens (including phenoxy) is 2. The van der Waals surface area contributed by atoms with Gasteiger partial charge in [0.1, 0.15) is 6.54 Å². The molecule has 3 heterocycles. The van der Waals surface area contributed by atoms with E-state index in [2.05, 4.69) is 5.32 Å². The van der Waals surface area contributed by atoms with Crippen molar-refractivity contribution in [1.29, 1.82) is 0 Å². The quantitative estimate of drug-likeness (QED) is 0.744. The van der Waals surface area contributed by atoms with Gasteiger partial charge in [0.05, 0.1) is 5.69 Å². The molecule has 3 aliphatic heterocycles. The third-order valence-electron chi connectivity index (χ3n) is 6.08. The summed E-state index contributed by atoms with van der Waals surface area (Å²) < 4.78 is 10.7. The topological polar surface area (TPSA) is 91.4 Å². The molecular weight excluding hydrogens is 412 g/mol. The second-order valence-corrected chi connectivity index (χ2v) is 8.04. The minimum absolute atomic E-state index is 0.0573. The summed E-state index contributed by atoms with van der Waals surface area (Å²) in [5, 5.41) is 2.94. The first kappa shape index (κ1) is 20.2. The van der Waals surface area contributed by atoms with Crippen LogP contribution < -0.4 is 19.7 Å². The van der Waals surface area contributed by atoms with Crippen molar-refractivity contribution < 1.29 is 23.9 Å². The number of hydrogen-bond acceptors (Lipinski definition) is 5. The zero-order valence-corrected chi connectivity index (χ0v) is 17.5. The number of piperidine rings is 1. The van der Waals surface area contributed by atoms with Gasteiger partial charge in [0.15, 0.2) is 11.5 Å². The molecule has 166 valence electrons. The minimum atomic E-state index is -0.285. The van der Waals surface area contributed by atoms with Crippen molar-refractivity contribution in [2.45, 2.75) is 25.4 Å². The van der Waals surface area contributed by atoms with Crippen LogP contribution in [0.3, 0.4) is 0 Å². The van der Waals surface area contributed by atoms with E-state index in [1.54, 1.807) is 34.1 Å². The predicted molar refractivity (Wildman–Crippen MR) is 115 cm³/mol. The van der Waals surface area contributed by atoms with E-state index in [0.717, 1.165) is 5.56 Å². The summed E-state index contributed by atoms with van der Waals surface area (Å²) in [4.78, 5) is 42.6. The highest BCUT2D eigenvalue weighted by molar-refractivity contribution is 6.19. The Hall–Kier alpha value is -3.75. The zero-order chi connectivity index (χ0) is 22.1. The van der Waals surface area contributed by atoms with Crippen LogP contribution in [0.5, 0.6) is 11.5 Å². The van der Waals surface area contributed by atoms with Crippen molar-refractivity contribution in [2.75, 3.05) is 31.3 Å². The molecule has 1 N–H and O–H groups in total. The number of anilines is 1. The number of benzene rings is 2. The summed E-state index contributed by atoms with van der Waals surface area (Å²) in [6.07, 6.45) is 1.28. The number of carbonyl (C=O) groups excluding carboxylic acids is 3. The fourth-order valence-electron chi connectivity index (χ4n) is 4.36. The zero-order valence-electron chi connectivity index (χ0n) is 17.5. The maximum absolute atomic E-state index is 12.9. The molecule has 0 aliphatic carbocycles. The van der Waals surface area contributed by atoms with Crippen molar-refractivity contribution in [3.63, 3.8) is 0 Å². The molecule has 32 heavy (non-hydrogen) atoms. The normalized spacial score (nSPS) is 18.4. The fraction of sp³-hybridized carbons (Fsp3) is 0.348. The number of rotatable bonds is 4. The standard InChI is InChI=1S/C23H24N4O5/c28-21-14-26(23(30)27(21)18-4-2-1-3-5-18)17-8-10-25(11-9-17)22(29)24-13-16-6-7-19-20(12-16)32-15-31-19/h1-7,12,17H,8-11,13-15H2,(H,24,29). The lowest BCUT2D eigenvalue weighted by molar-refractivity contribution is -0.116. The molecule has 0 radical (unpaired) electrons. The average molecular weight is 436 g/mol. The Labute approximate surface area is 185 Å². The van der Waals surface area contributed by atoms with Crippen molar-refractivity contribution in [3.8, 4) is 11.5 Å². The van der Waals surface area contributed by atoms with Gasteiger partial charge < -0.3 is 24.6 Å². The molecule has 9 nitrogen and oxygen atoms in total. The molecule has 2 saturated heterocycles. The number of nitrogens with one attached hydrogen (secondary N) is 1. The molecule has 2 aromatic rings. The second-order valence-electron chi connectivity index (χ2n) is 8.04. The summed E-state index contributed by atoms with van der Waals surface area (Å²) in [6.45, 7) is 1.74. The first-order valence-corrected chi connectivity index (χ1v) is 10.7. The molecule has 0 saturated carbocycles. The van der Waals surface area contributed by atoms with Gasteiger partial charge in [0.25, 0.3) is 5.91 Å². The Morgan fingerprint density at radius 3 is 2.53 bits per heavy atom. The molecule has 5 amide bonds. The number of hydrogen-bond donors (Lipinski definition) is 1. The highest BCUT2D eigenvalue weighted by Gasteiger charge is 2.41. The largest absolute Gasteiger partial charge is 0.454 e. The van der Waals surface area contributed by atoms with Gasteiger partial charge in [-0.15, -0.1) is 0 Å². The van der Waals surface area contributed by atoms with E-state index in [4.69, 9.17) is 9.47 Å². The van der Waals surface area contributed by atoms with E-state index in [1.807, 2.05) is 24.3 Å². The van der Waals surface area contributed by atoms with E-state index in [0.29, 0.717) is 49.7 Å². The summed E-state index contributed by atoms with van der Waals surface area (Å²) in [5.74, 6) is 1.18. The van der Waals surface area contributed by atoms with Gasteiger partial charge in [-0.2, -0.15) is 0 Å². The predicted octanol–water partition coefficient (Wildman–Crippen LogP) is 2.56. The third-order valence-corrected chi connectivity index (χ3v) is 6.08. The van der Waals surface area contributed by atoms with Gasteiger partial charge >= 0.3 is 12.1 Å². The average Bonchev–Trinajstić information content (AvgIpc) is 3.41. The summed E-state index contributed by atoms with van der Waals surface area (Å²) in [5.41, 5.74) is 1.52. The first-order chi connectivity index (χ1) is 15.6. The van der Waals surface area contributed by atoms with Gasteiger partial charge in [-0.3, -0.25) is 4.79 Å². The smallest absolute Gasteiger partial charge is 0.332 e. The fourth-order valence-corrected chi connectivity index (χ4v) is 4.36. The third kappa shape index (κ3) is 3.81. The molecule has 3 aliphatic rings. The molecule has 2 fully saturated rings. The first-order valence-electron chi connectivity index (χ1n) is 10.7. The number of para-hydroxylation sites is 1. The minimum Gasteiger partial charge on any atom is -0.454 e. The van der Waals surface area contributed by atoms with Gasteiger partial charge in [-0.1, -0.05) is 24.3 Å². The van der Waals surface area contributed by atoms with Crippen molar-refractivity contribution in [3.05, 3.63) is 54.1 Å². The second kappa shape index (κ2) is 8.41. The van der Waals surface area contributed by atoms with Crippen molar-refractivity contribution in [1.82, 2.24) is 15.1 Å². The summed E-state index contributed by atoms with van der Waals surface area (Å²) in [7, 11) is 0. The number of urea groups is 2. The molecule has 5 rings (SSSR count). The number of imide groups is 1. The molecule has 0 aromatic heterocycles. The van der Waals surface area contributed by atoms with Crippen molar-refractivity contribution >= 4 is 23.7 Å². The van der Waals surface area contributed by atoms with Crippen molar-refractivity contribution in [2.24, 2.45) is 0 Å². The lowest BCUT2D eigenvalue weighted by Crippen LogP contribution is -2.50. The Kier molecular flexibility index (Phi) is 5.30. The van der Waals surface area contributed by atoms with Gasteiger partial charge in [0, 0.05) is 25.7 Å². The summed E-state index contributed by atoms with van der Waals surface area (Å²) in [6, 6.07) is 14.1. The molecule has 0 unspecified atom stereocenters. The lowest BCUT2D eigenvalue weighted by atomic mass is 10.0. The number of nitrogens with zero attached hydrogens (tertiary/aromatic N) is 3. The van der Waals surface area contributed by atoms with Crippen LogP contribution in [-0.4, -0.2) is 60.2 Å². The molecule has 9 heteroatoms. The number of likely N-dealkylation sites (tertiary alicyclic amines) is 1. The van der Waals surface area contributed by atoms with E-state index in [1.165, 1.54) is 4.90 Å². The van der Waals surface area contributed by atoms with Crippen LogP contribution in [0.25, 0.3) is 0 Å². The molecule has 0 spiro atoms. The van der Waals surface area contributed by atoms with Crippen LogP contribution >= 0.6 is 0 Å². The van der Waals surface area contributed by atoms with Crippen LogP contribution in [0.15, 0.2) is 48.5 Å². The maximum atomic E-state index is 12.9. The van der Waals surface area contributed by atoms with Gasteiger partial charge in [0.2, 0.25) is 6.79 Å². The Morgan fingerprint density at radius 2 is 1.75 bits per heavy atom. The van der Waals surface area contributed by atoms with Crippen LogP contribution in [0.4, 0.5) is 15.3 Å². The number of fused-ring (bicyclic) bond motifs is 1. The van der Waals surface area contributed by atoms with Gasteiger partial charge in [-0.25, -0.2) is 14.5 Å². The van der Waals surface area contributed by atoms with E-state index in [-0.39, 0.29) is 37.3 Å². The van der Waals surface area contributed by atoms with E-state index < -0.39 is 0 Å². The highest BCUT2D eigenvalue weighted by Crippen LogP contribution is 2.32. The number of carbonyl (C=O) groups is 3.